The summed E-state index contributed by atoms with van der Waals surface area (Å²) in [4.78, 5) is 39.7. The molecule has 0 radical (unpaired) electrons. The summed E-state index contributed by atoms with van der Waals surface area (Å²) in [5, 5.41) is 0. The molecule has 1 aromatic rings. The average molecular weight is 544 g/mol. The second kappa shape index (κ2) is 9.29. The van der Waals surface area contributed by atoms with Crippen molar-refractivity contribution >= 4 is 35.7 Å². The van der Waals surface area contributed by atoms with E-state index < -0.39 is 53.7 Å². The molecule has 1 saturated heterocycles. The lowest BCUT2D eigenvalue weighted by molar-refractivity contribution is -0.192. The Morgan fingerprint density at radius 1 is 1.22 bits per heavy atom. The highest BCUT2D eigenvalue weighted by Gasteiger charge is 2.64. The van der Waals surface area contributed by atoms with Crippen molar-refractivity contribution in [2.24, 2.45) is 5.92 Å². The van der Waals surface area contributed by atoms with E-state index in [9.17, 15) is 18.6 Å². The summed E-state index contributed by atoms with van der Waals surface area (Å²) in [6, 6.07) is 1.47. The molecule has 1 fully saturated rings. The highest BCUT2D eigenvalue weighted by molar-refractivity contribution is 7.71. The van der Waals surface area contributed by atoms with Crippen molar-refractivity contribution in [1.29, 1.82) is 0 Å². The number of halogens is 2. The minimum Gasteiger partial charge on any atom is -0.316 e. The molecule has 1 aliphatic rings. The van der Waals surface area contributed by atoms with Gasteiger partial charge in [-0.25, -0.2) is 27.5 Å². The zero-order valence-electron chi connectivity index (χ0n) is 16.8. The first-order valence-corrected chi connectivity index (χ1v) is 13.6. The Hall–Kier alpha value is -0.470. The number of hydrogen-bond acceptors (Lipinski definition) is 9. The van der Waals surface area contributed by atoms with Crippen molar-refractivity contribution in [3.05, 3.63) is 22.7 Å². The number of phosphoric acid groups is 3. The predicted octanol–water partition coefficient (Wildman–Crippen LogP) is 3.21. The summed E-state index contributed by atoms with van der Waals surface area (Å²) in [5.74, 6) is -4.62. The molecule has 1 aliphatic heterocycles. The van der Waals surface area contributed by atoms with E-state index in [0.29, 0.717) is 5.69 Å². The molecule has 0 aliphatic carbocycles. The summed E-state index contributed by atoms with van der Waals surface area (Å²) < 4.78 is 82.8. The van der Waals surface area contributed by atoms with Gasteiger partial charge >= 0.3 is 23.5 Å². The van der Waals surface area contributed by atoms with Crippen LogP contribution in [0.25, 0.3) is 0 Å². The van der Waals surface area contributed by atoms with Crippen LogP contribution in [0.15, 0.2) is 12.3 Å². The highest BCUT2D eigenvalue weighted by Crippen LogP contribution is 2.67. The van der Waals surface area contributed by atoms with Crippen molar-refractivity contribution in [3.63, 3.8) is 0 Å². The zero-order valence-corrected chi connectivity index (χ0v) is 20.3. The summed E-state index contributed by atoms with van der Waals surface area (Å²) in [6.45, 7) is 2.61. The smallest absolute Gasteiger partial charge is 0.316 e. The first-order chi connectivity index (χ1) is 14.3. The number of ether oxygens (including phenoxy) is 1. The molecule has 0 saturated carbocycles. The molecular formula is C13H21F2N2O11P3S. The maximum Gasteiger partial charge on any atom is 0.490 e. The van der Waals surface area contributed by atoms with Gasteiger partial charge in [-0.15, -0.1) is 0 Å². The third kappa shape index (κ3) is 6.56. The lowest BCUT2D eigenvalue weighted by Gasteiger charge is -2.29. The van der Waals surface area contributed by atoms with Gasteiger partial charge in [0.25, 0.3) is 0 Å². The summed E-state index contributed by atoms with van der Waals surface area (Å²) in [6.07, 6.45) is -0.497. The van der Waals surface area contributed by atoms with E-state index in [-0.39, 0.29) is 11.2 Å². The quantitative estimate of drug-likeness (QED) is 0.262. The Labute approximate surface area is 185 Å². The van der Waals surface area contributed by atoms with Gasteiger partial charge in [0.2, 0.25) is 10.6 Å². The number of aryl methyl sites for hydroxylation is 1. The van der Waals surface area contributed by atoms with Crippen molar-refractivity contribution in [1.82, 2.24) is 9.55 Å². The second-order valence-corrected chi connectivity index (χ2v) is 11.8. The van der Waals surface area contributed by atoms with Crippen LogP contribution in [-0.4, -0.2) is 47.3 Å². The molecule has 0 bridgehead atoms. The first-order valence-electron chi connectivity index (χ1n) is 8.72. The maximum absolute atomic E-state index is 15.6. The van der Waals surface area contributed by atoms with Gasteiger partial charge in [0.05, 0.1) is 5.92 Å². The van der Waals surface area contributed by atoms with Gasteiger partial charge in [0.15, 0.2) is 11.9 Å². The molecule has 0 spiro atoms. The SMILES string of the molecule is CCC1C(F)(COP(=O)(O)OP(=O)(O)OP(=O)(O)O)OC(n2ccc(C)nc2=S)C1(C)F. The Morgan fingerprint density at radius 2 is 1.81 bits per heavy atom. The standard InChI is InChI=1S/C13H21F2N2O11P3S/c1-4-9-12(3,14)10(17-6-5-8(2)16-11(17)32)26-13(9,15)7-25-30(21,22)28-31(23,24)27-29(18,19)20/h5-6,9-10H,4,7H2,1-3H3,(H,21,22)(H,23,24)(H2,18,19,20). The molecule has 0 aromatic carbocycles. The number of rotatable bonds is 9. The van der Waals surface area contributed by atoms with Crippen LogP contribution in [0.5, 0.6) is 0 Å². The van der Waals surface area contributed by atoms with E-state index in [4.69, 9.17) is 31.6 Å². The highest BCUT2D eigenvalue weighted by atomic mass is 32.1. The number of phosphoric ester groups is 1. The van der Waals surface area contributed by atoms with E-state index in [1.165, 1.54) is 19.2 Å². The normalized spacial score (nSPS) is 32.4. The van der Waals surface area contributed by atoms with Crippen molar-refractivity contribution in [2.45, 2.75) is 44.9 Å². The molecule has 184 valence electrons. The monoisotopic (exact) mass is 544 g/mol. The molecule has 19 heteroatoms. The van der Waals surface area contributed by atoms with E-state index in [1.54, 1.807) is 6.92 Å². The van der Waals surface area contributed by atoms with Crippen LogP contribution in [0.4, 0.5) is 8.78 Å². The van der Waals surface area contributed by atoms with Gasteiger partial charge in [0, 0.05) is 11.9 Å². The van der Waals surface area contributed by atoms with Gasteiger partial charge in [-0.1, -0.05) is 6.92 Å². The molecule has 2 heterocycles. The Morgan fingerprint density at radius 3 is 2.31 bits per heavy atom. The van der Waals surface area contributed by atoms with Gasteiger partial charge in [0.1, 0.15) is 6.61 Å². The molecule has 13 nitrogen and oxygen atoms in total. The fourth-order valence-electron chi connectivity index (χ4n) is 3.29. The third-order valence-corrected chi connectivity index (χ3v) is 8.55. The summed E-state index contributed by atoms with van der Waals surface area (Å²) in [7, 11) is -17.0. The topological polar surface area (TPSA) is 187 Å². The van der Waals surface area contributed by atoms with Gasteiger partial charge in [-0.05, 0) is 38.6 Å². The van der Waals surface area contributed by atoms with Gasteiger partial charge in [-0.2, -0.15) is 8.62 Å². The zero-order chi connectivity index (χ0) is 24.8. The van der Waals surface area contributed by atoms with Crippen LogP contribution in [0.2, 0.25) is 0 Å². The van der Waals surface area contributed by atoms with Crippen LogP contribution >= 0.6 is 35.7 Å². The molecular weight excluding hydrogens is 523 g/mol. The largest absolute Gasteiger partial charge is 0.490 e. The minimum absolute atomic E-state index is 0.120. The van der Waals surface area contributed by atoms with E-state index in [2.05, 4.69) is 18.1 Å². The molecule has 32 heavy (non-hydrogen) atoms. The van der Waals surface area contributed by atoms with Crippen LogP contribution < -0.4 is 0 Å². The van der Waals surface area contributed by atoms with Crippen LogP contribution in [0, 0.1) is 17.6 Å². The third-order valence-electron chi connectivity index (χ3n) is 4.46. The van der Waals surface area contributed by atoms with E-state index in [1.807, 2.05) is 0 Å². The minimum atomic E-state index is -5.80. The molecule has 6 atom stereocenters. The van der Waals surface area contributed by atoms with Crippen molar-refractivity contribution < 1.29 is 59.9 Å². The van der Waals surface area contributed by atoms with Crippen molar-refractivity contribution in [2.75, 3.05) is 6.61 Å². The summed E-state index contributed by atoms with van der Waals surface area (Å²) >= 11 is 5.07. The number of nitrogens with zero attached hydrogens (tertiary/aromatic N) is 2. The molecule has 6 unspecified atom stereocenters. The Bertz CT molecular complexity index is 1070. The lowest BCUT2D eigenvalue weighted by Crippen LogP contribution is -2.41. The Balaban J connectivity index is 2.26. The molecule has 2 rings (SSSR count). The average Bonchev–Trinajstić information content (AvgIpc) is 2.76. The first kappa shape index (κ1) is 27.8. The van der Waals surface area contributed by atoms with E-state index in [0.717, 1.165) is 11.5 Å². The Kier molecular flexibility index (Phi) is 8.06. The lowest BCUT2D eigenvalue weighted by atomic mass is 9.84. The fraction of sp³-hybridized carbons (Fsp3) is 0.692. The van der Waals surface area contributed by atoms with Crippen molar-refractivity contribution in [3.8, 4) is 0 Å². The van der Waals surface area contributed by atoms with Gasteiger partial charge in [-0.3, -0.25) is 9.09 Å². The number of alkyl halides is 2. The van der Waals surface area contributed by atoms with Gasteiger partial charge < -0.3 is 24.3 Å². The molecule has 0 amide bonds. The van der Waals surface area contributed by atoms with E-state index >= 15 is 8.78 Å². The van der Waals surface area contributed by atoms with Crippen LogP contribution in [-0.2, 0) is 31.6 Å². The number of aromatic nitrogens is 2. The van der Waals surface area contributed by atoms with Crippen LogP contribution in [0.3, 0.4) is 0 Å². The molecule has 4 N–H and O–H groups in total. The van der Waals surface area contributed by atoms with Crippen LogP contribution in [0.1, 0.15) is 32.2 Å². The molecule has 1 aromatic heterocycles. The second-order valence-electron chi connectivity index (χ2n) is 6.99. The fourth-order valence-corrected chi connectivity index (χ4v) is 6.63. The maximum atomic E-state index is 15.6. The summed E-state index contributed by atoms with van der Waals surface area (Å²) in [5.41, 5.74) is -1.91. The predicted molar refractivity (Wildman–Crippen MR) is 105 cm³/mol. The number of hydrogen-bond donors (Lipinski definition) is 4.